The SMILES string of the molecule is CCCOc1ccc(C(=O)NC[C@H](c2ccccc2)N(CC)CC)cc1. The number of carbonyl (C=O) groups is 1. The molecule has 4 nitrogen and oxygen atoms in total. The molecule has 0 bridgehead atoms. The molecule has 0 radical (unpaired) electrons. The lowest BCUT2D eigenvalue weighted by molar-refractivity contribution is 0.0935. The van der Waals surface area contributed by atoms with Crippen molar-refractivity contribution in [2.75, 3.05) is 26.2 Å². The lowest BCUT2D eigenvalue weighted by atomic mass is 10.0. The van der Waals surface area contributed by atoms with Gasteiger partial charge in [0.1, 0.15) is 5.75 Å². The minimum atomic E-state index is -0.0554. The Labute approximate surface area is 157 Å². The van der Waals surface area contributed by atoms with Gasteiger partial charge in [-0.15, -0.1) is 0 Å². The molecule has 0 spiro atoms. The van der Waals surface area contributed by atoms with Crippen molar-refractivity contribution >= 4 is 5.91 Å². The van der Waals surface area contributed by atoms with E-state index in [4.69, 9.17) is 4.74 Å². The van der Waals surface area contributed by atoms with Gasteiger partial charge in [-0.25, -0.2) is 0 Å². The smallest absolute Gasteiger partial charge is 0.251 e. The minimum Gasteiger partial charge on any atom is -0.494 e. The van der Waals surface area contributed by atoms with E-state index in [1.54, 1.807) is 0 Å². The van der Waals surface area contributed by atoms with Crippen molar-refractivity contribution in [3.63, 3.8) is 0 Å². The fourth-order valence-corrected chi connectivity index (χ4v) is 3.01. The maximum atomic E-state index is 12.5. The predicted molar refractivity (Wildman–Crippen MR) is 107 cm³/mol. The molecular weight excluding hydrogens is 324 g/mol. The molecule has 0 aliphatic heterocycles. The van der Waals surface area contributed by atoms with E-state index in [-0.39, 0.29) is 11.9 Å². The molecule has 1 N–H and O–H groups in total. The first-order chi connectivity index (χ1) is 12.7. The highest BCUT2D eigenvalue weighted by Crippen LogP contribution is 2.20. The molecular formula is C22H30N2O2. The van der Waals surface area contributed by atoms with E-state index < -0.39 is 0 Å². The lowest BCUT2D eigenvalue weighted by Crippen LogP contribution is -2.38. The van der Waals surface area contributed by atoms with E-state index >= 15 is 0 Å². The Morgan fingerprint density at radius 3 is 2.23 bits per heavy atom. The first kappa shape index (κ1) is 20.0. The van der Waals surface area contributed by atoms with Crippen LogP contribution >= 0.6 is 0 Å². The van der Waals surface area contributed by atoms with Gasteiger partial charge in [-0.3, -0.25) is 9.69 Å². The van der Waals surface area contributed by atoms with Gasteiger partial charge in [0.2, 0.25) is 0 Å². The van der Waals surface area contributed by atoms with Crippen LogP contribution in [0.3, 0.4) is 0 Å². The fourth-order valence-electron chi connectivity index (χ4n) is 3.01. The van der Waals surface area contributed by atoms with Crippen molar-refractivity contribution in [2.24, 2.45) is 0 Å². The Bertz CT molecular complexity index is 652. The summed E-state index contributed by atoms with van der Waals surface area (Å²) in [4.78, 5) is 14.9. The van der Waals surface area contributed by atoms with Crippen LogP contribution in [0.5, 0.6) is 5.75 Å². The second-order valence-corrected chi connectivity index (χ2v) is 6.23. The number of hydrogen-bond donors (Lipinski definition) is 1. The lowest BCUT2D eigenvalue weighted by Gasteiger charge is -2.30. The van der Waals surface area contributed by atoms with Crippen LogP contribution in [0.25, 0.3) is 0 Å². The summed E-state index contributed by atoms with van der Waals surface area (Å²) >= 11 is 0. The van der Waals surface area contributed by atoms with Gasteiger partial charge < -0.3 is 10.1 Å². The summed E-state index contributed by atoms with van der Waals surface area (Å²) in [5.74, 6) is 0.744. The van der Waals surface area contributed by atoms with Crippen molar-refractivity contribution in [1.29, 1.82) is 0 Å². The average molecular weight is 354 g/mol. The number of carbonyl (C=O) groups excluding carboxylic acids is 1. The van der Waals surface area contributed by atoms with Gasteiger partial charge in [-0.05, 0) is 49.3 Å². The summed E-state index contributed by atoms with van der Waals surface area (Å²) in [6, 6.07) is 17.8. The van der Waals surface area contributed by atoms with Crippen molar-refractivity contribution in [1.82, 2.24) is 10.2 Å². The largest absolute Gasteiger partial charge is 0.494 e. The highest BCUT2D eigenvalue weighted by molar-refractivity contribution is 5.94. The molecule has 2 rings (SSSR count). The third-order valence-corrected chi connectivity index (χ3v) is 4.48. The average Bonchev–Trinajstić information content (AvgIpc) is 2.70. The van der Waals surface area contributed by atoms with Crippen LogP contribution < -0.4 is 10.1 Å². The Hall–Kier alpha value is -2.33. The van der Waals surface area contributed by atoms with Crippen LogP contribution in [0, 0.1) is 0 Å². The molecule has 0 aliphatic rings. The van der Waals surface area contributed by atoms with Crippen molar-refractivity contribution in [3.8, 4) is 5.75 Å². The maximum Gasteiger partial charge on any atom is 0.251 e. The second-order valence-electron chi connectivity index (χ2n) is 6.23. The van der Waals surface area contributed by atoms with Crippen molar-refractivity contribution in [2.45, 2.75) is 33.2 Å². The standard InChI is InChI=1S/C22H30N2O2/c1-4-16-26-20-14-12-19(13-15-20)22(25)23-17-21(24(5-2)6-3)18-10-8-7-9-11-18/h7-15,21H,4-6,16-17H2,1-3H3,(H,23,25)/t21-/m1/s1. The Kier molecular flexibility index (Phi) is 8.16. The zero-order valence-electron chi connectivity index (χ0n) is 16.1. The summed E-state index contributed by atoms with van der Waals surface area (Å²) in [6.07, 6.45) is 0.967. The van der Waals surface area contributed by atoms with E-state index in [2.05, 4.69) is 43.1 Å². The summed E-state index contributed by atoms with van der Waals surface area (Å²) in [5, 5.41) is 3.09. The zero-order valence-corrected chi connectivity index (χ0v) is 16.1. The van der Waals surface area contributed by atoms with Crippen molar-refractivity contribution in [3.05, 3.63) is 65.7 Å². The van der Waals surface area contributed by atoms with Gasteiger partial charge in [-0.1, -0.05) is 51.1 Å². The van der Waals surface area contributed by atoms with E-state index in [0.29, 0.717) is 18.7 Å². The van der Waals surface area contributed by atoms with Gasteiger partial charge in [0.25, 0.3) is 5.91 Å². The summed E-state index contributed by atoms with van der Waals surface area (Å²) in [7, 11) is 0. The fraction of sp³-hybridized carbons (Fsp3) is 0.409. The quantitative estimate of drug-likeness (QED) is 0.692. The van der Waals surface area contributed by atoms with E-state index in [0.717, 1.165) is 25.3 Å². The molecule has 2 aromatic rings. The second kappa shape index (κ2) is 10.6. The molecule has 4 heteroatoms. The number of benzene rings is 2. The van der Waals surface area contributed by atoms with Crippen molar-refractivity contribution < 1.29 is 9.53 Å². The van der Waals surface area contributed by atoms with Crippen LogP contribution in [0.4, 0.5) is 0 Å². The highest BCUT2D eigenvalue weighted by Gasteiger charge is 2.19. The molecule has 0 aromatic heterocycles. The molecule has 0 saturated heterocycles. The van der Waals surface area contributed by atoms with E-state index in [1.165, 1.54) is 5.56 Å². The van der Waals surface area contributed by atoms with Gasteiger partial charge in [-0.2, -0.15) is 0 Å². The van der Waals surface area contributed by atoms with Crippen LogP contribution in [0.1, 0.15) is 49.2 Å². The molecule has 0 aliphatic carbocycles. The van der Waals surface area contributed by atoms with Gasteiger partial charge >= 0.3 is 0 Å². The molecule has 140 valence electrons. The maximum absolute atomic E-state index is 12.5. The number of nitrogens with zero attached hydrogens (tertiary/aromatic N) is 1. The van der Waals surface area contributed by atoms with Crippen LogP contribution in [-0.4, -0.2) is 37.0 Å². The molecule has 26 heavy (non-hydrogen) atoms. The summed E-state index contributed by atoms with van der Waals surface area (Å²) in [5.41, 5.74) is 1.88. The van der Waals surface area contributed by atoms with Crippen LogP contribution in [0.15, 0.2) is 54.6 Å². The number of nitrogens with one attached hydrogen (secondary N) is 1. The molecule has 0 fully saturated rings. The molecule has 0 unspecified atom stereocenters. The van der Waals surface area contributed by atoms with Crippen LogP contribution in [0.2, 0.25) is 0 Å². The summed E-state index contributed by atoms with van der Waals surface area (Å²) in [6.45, 7) is 9.52. The highest BCUT2D eigenvalue weighted by atomic mass is 16.5. The molecule has 2 aromatic carbocycles. The predicted octanol–water partition coefficient (Wildman–Crippen LogP) is 4.29. The normalized spacial score (nSPS) is 12.0. The number of amides is 1. The van der Waals surface area contributed by atoms with E-state index in [1.807, 2.05) is 42.5 Å². The molecule has 0 saturated carbocycles. The topological polar surface area (TPSA) is 41.6 Å². The third-order valence-electron chi connectivity index (χ3n) is 4.48. The number of ether oxygens (including phenoxy) is 1. The summed E-state index contributed by atoms with van der Waals surface area (Å²) < 4.78 is 5.57. The minimum absolute atomic E-state index is 0.0554. The third kappa shape index (κ3) is 5.60. The molecule has 1 atom stereocenters. The Morgan fingerprint density at radius 2 is 1.65 bits per heavy atom. The number of rotatable bonds is 10. The van der Waals surface area contributed by atoms with Gasteiger partial charge in [0, 0.05) is 12.1 Å². The van der Waals surface area contributed by atoms with E-state index in [9.17, 15) is 4.79 Å². The van der Waals surface area contributed by atoms with Crippen LogP contribution in [-0.2, 0) is 0 Å². The Morgan fingerprint density at radius 1 is 1.00 bits per heavy atom. The number of hydrogen-bond acceptors (Lipinski definition) is 3. The zero-order chi connectivity index (χ0) is 18.8. The van der Waals surface area contributed by atoms with Gasteiger partial charge in [0.05, 0.1) is 12.6 Å². The first-order valence-electron chi connectivity index (χ1n) is 9.49. The molecule has 1 amide bonds. The Balaban J connectivity index is 2.02. The molecule has 0 heterocycles. The monoisotopic (exact) mass is 354 g/mol. The first-order valence-corrected chi connectivity index (χ1v) is 9.49. The van der Waals surface area contributed by atoms with Gasteiger partial charge in [0.15, 0.2) is 0 Å². The number of likely N-dealkylation sites (N-methyl/N-ethyl adjacent to an activating group) is 1.